The number of carbonyl (C=O) groups excluding carboxylic acids is 2. The normalized spacial score (nSPS) is 10.1. The van der Waals surface area contributed by atoms with Gasteiger partial charge >= 0.3 is 5.97 Å². The molecule has 24 heavy (non-hydrogen) atoms. The maximum atomic E-state index is 11.8. The van der Waals surface area contributed by atoms with E-state index in [1.165, 1.54) is 25.1 Å². The molecule has 7 nitrogen and oxygen atoms in total. The Morgan fingerprint density at radius 1 is 1.12 bits per heavy atom. The summed E-state index contributed by atoms with van der Waals surface area (Å²) in [7, 11) is 0. The van der Waals surface area contributed by atoms with Gasteiger partial charge in [0.25, 0.3) is 5.69 Å². The van der Waals surface area contributed by atoms with Crippen LogP contribution < -0.4 is 9.47 Å². The van der Waals surface area contributed by atoms with Crippen molar-refractivity contribution in [2.45, 2.75) is 13.8 Å². The number of Topliss-reactive ketones (excluding diaryl/α,β-unsaturated/α-hetero) is 1. The van der Waals surface area contributed by atoms with Crippen molar-refractivity contribution in [3.63, 3.8) is 0 Å². The standard InChI is InChI=1S/C17H15NO6/c1-11-3-6-14(18(21)22)9-16(11)24-17(20)10-23-15-7-4-13(5-8-15)12(2)19/h3-9H,10H2,1-2H3. The number of ketones is 1. The maximum Gasteiger partial charge on any atom is 0.349 e. The van der Waals surface area contributed by atoms with Crippen LogP contribution in [0, 0.1) is 17.0 Å². The fourth-order valence-electron chi connectivity index (χ4n) is 1.89. The molecule has 0 saturated carbocycles. The number of nitro benzene ring substituents is 1. The lowest BCUT2D eigenvalue weighted by Gasteiger charge is -2.09. The molecule has 0 atom stereocenters. The second-order valence-electron chi connectivity index (χ2n) is 5.05. The highest BCUT2D eigenvalue weighted by Crippen LogP contribution is 2.24. The number of hydrogen-bond donors (Lipinski definition) is 0. The van der Waals surface area contributed by atoms with Crippen LogP contribution in [0.5, 0.6) is 11.5 Å². The number of rotatable bonds is 6. The van der Waals surface area contributed by atoms with Gasteiger partial charge in [0.1, 0.15) is 11.5 Å². The van der Waals surface area contributed by atoms with E-state index in [0.717, 1.165) is 0 Å². The average Bonchev–Trinajstić information content (AvgIpc) is 2.55. The van der Waals surface area contributed by atoms with Crippen molar-refractivity contribution >= 4 is 17.4 Å². The molecule has 2 aromatic rings. The number of hydrogen-bond acceptors (Lipinski definition) is 6. The van der Waals surface area contributed by atoms with Gasteiger partial charge < -0.3 is 9.47 Å². The average molecular weight is 329 g/mol. The summed E-state index contributed by atoms with van der Waals surface area (Å²) in [6.45, 7) is 2.77. The van der Waals surface area contributed by atoms with Crippen LogP contribution in [-0.4, -0.2) is 23.3 Å². The van der Waals surface area contributed by atoms with Crippen molar-refractivity contribution in [2.75, 3.05) is 6.61 Å². The minimum atomic E-state index is -0.686. The Hall–Kier alpha value is -3.22. The summed E-state index contributed by atoms with van der Waals surface area (Å²) in [5.41, 5.74) is 0.973. The van der Waals surface area contributed by atoms with E-state index in [9.17, 15) is 19.7 Å². The largest absolute Gasteiger partial charge is 0.482 e. The van der Waals surface area contributed by atoms with Crippen molar-refractivity contribution < 1.29 is 24.0 Å². The van der Waals surface area contributed by atoms with Crippen molar-refractivity contribution in [2.24, 2.45) is 0 Å². The zero-order chi connectivity index (χ0) is 17.7. The molecule has 0 aliphatic rings. The summed E-state index contributed by atoms with van der Waals surface area (Å²) in [5, 5.41) is 10.8. The predicted molar refractivity (Wildman–Crippen MR) is 85.4 cm³/mol. The smallest absolute Gasteiger partial charge is 0.349 e. The van der Waals surface area contributed by atoms with Gasteiger partial charge in [0, 0.05) is 11.6 Å². The molecule has 0 N–H and O–H groups in total. The summed E-state index contributed by atoms with van der Waals surface area (Å²) < 4.78 is 10.4. The van der Waals surface area contributed by atoms with E-state index in [1.807, 2.05) is 0 Å². The number of nitrogens with zero attached hydrogens (tertiary/aromatic N) is 1. The number of non-ortho nitro benzene ring substituents is 1. The molecule has 0 saturated heterocycles. The van der Waals surface area contributed by atoms with Gasteiger partial charge in [0.05, 0.1) is 11.0 Å². The minimum Gasteiger partial charge on any atom is -0.482 e. The number of nitro groups is 1. The van der Waals surface area contributed by atoms with Gasteiger partial charge in [0.15, 0.2) is 12.4 Å². The molecule has 0 aliphatic carbocycles. The highest BCUT2D eigenvalue weighted by atomic mass is 16.6. The van der Waals surface area contributed by atoms with Crippen molar-refractivity contribution in [3.8, 4) is 11.5 Å². The van der Waals surface area contributed by atoms with Crippen LogP contribution in [0.15, 0.2) is 42.5 Å². The monoisotopic (exact) mass is 329 g/mol. The molecule has 124 valence electrons. The molecular weight excluding hydrogens is 314 g/mol. The summed E-state index contributed by atoms with van der Waals surface area (Å²) in [6.07, 6.45) is 0. The highest BCUT2D eigenvalue weighted by Gasteiger charge is 2.13. The van der Waals surface area contributed by atoms with E-state index in [1.54, 1.807) is 31.2 Å². The lowest BCUT2D eigenvalue weighted by Crippen LogP contribution is -2.18. The van der Waals surface area contributed by atoms with E-state index in [2.05, 4.69) is 0 Å². The first-order valence-electron chi connectivity index (χ1n) is 7.06. The molecule has 0 spiro atoms. The summed E-state index contributed by atoms with van der Waals surface area (Å²) in [4.78, 5) is 33.2. The van der Waals surface area contributed by atoms with Gasteiger partial charge in [0.2, 0.25) is 0 Å². The Bertz CT molecular complexity index is 782. The van der Waals surface area contributed by atoms with Gasteiger partial charge in [-0.25, -0.2) is 4.79 Å². The Kier molecular flexibility index (Phi) is 5.26. The Morgan fingerprint density at radius 3 is 2.38 bits per heavy atom. The van der Waals surface area contributed by atoms with Crippen LogP contribution in [-0.2, 0) is 4.79 Å². The first-order chi connectivity index (χ1) is 11.4. The second-order valence-corrected chi connectivity index (χ2v) is 5.05. The van der Waals surface area contributed by atoms with Gasteiger partial charge in [-0.15, -0.1) is 0 Å². The second kappa shape index (κ2) is 7.36. The van der Waals surface area contributed by atoms with E-state index >= 15 is 0 Å². The molecular formula is C17H15NO6. The number of esters is 1. The van der Waals surface area contributed by atoms with E-state index in [0.29, 0.717) is 16.9 Å². The van der Waals surface area contributed by atoms with Gasteiger partial charge in [-0.2, -0.15) is 0 Å². The SMILES string of the molecule is CC(=O)c1ccc(OCC(=O)Oc2cc([N+](=O)[O-])ccc2C)cc1. The predicted octanol–water partition coefficient (Wildman–Crippen LogP) is 3.09. The van der Waals surface area contributed by atoms with Gasteiger partial charge in [-0.1, -0.05) is 0 Å². The molecule has 0 aromatic heterocycles. The van der Waals surface area contributed by atoms with Crippen molar-refractivity contribution in [1.29, 1.82) is 0 Å². The summed E-state index contributed by atoms with van der Waals surface area (Å²) in [6, 6.07) is 10.4. The minimum absolute atomic E-state index is 0.0675. The van der Waals surface area contributed by atoms with Crippen molar-refractivity contribution in [3.05, 3.63) is 63.7 Å². The van der Waals surface area contributed by atoms with Crippen LogP contribution >= 0.6 is 0 Å². The molecule has 0 heterocycles. The topological polar surface area (TPSA) is 95.7 Å². The number of aryl methyl sites for hydroxylation is 1. The molecule has 0 bridgehead atoms. The molecule has 0 fully saturated rings. The summed E-state index contributed by atoms with van der Waals surface area (Å²) in [5.74, 6) is -0.228. The molecule has 2 rings (SSSR count). The Balaban J connectivity index is 1.97. The fraction of sp³-hybridized carbons (Fsp3) is 0.176. The zero-order valence-electron chi connectivity index (χ0n) is 13.1. The third-order valence-electron chi connectivity index (χ3n) is 3.22. The Morgan fingerprint density at radius 2 is 1.79 bits per heavy atom. The maximum absolute atomic E-state index is 11.8. The first kappa shape index (κ1) is 17.1. The van der Waals surface area contributed by atoms with Crippen LogP contribution in [0.3, 0.4) is 0 Å². The third-order valence-corrected chi connectivity index (χ3v) is 3.22. The van der Waals surface area contributed by atoms with Crippen LogP contribution in [0.25, 0.3) is 0 Å². The molecule has 0 amide bonds. The van der Waals surface area contributed by atoms with E-state index in [4.69, 9.17) is 9.47 Å². The molecule has 0 unspecified atom stereocenters. The Labute approximate surface area is 138 Å². The number of benzene rings is 2. The van der Waals surface area contributed by atoms with Crippen molar-refractivity contribution in [1.82, 2.24) is 0 Å². The van der Waals surface area contributed by atoms with Gasteiger partial charge in [-0.3, -0.25) is 14.9 Å². The van der Waals surface area contributed by atoms with E-state index in [-0.39, 0.29) is 23.8 Å². The molecule has 0 aliphatic heterocycles. The quantitative estimate of drug-likeness (QED) is 0.266. The third kappa shape index (κ3) is 4.39. The van der Waals surface area contributed by atoms with Crippen LogP contribution in [0.2, 0.25) is 0 Å². The molecule has 0 radical (unpaired) electrons. The van der Waals surface area contributed by atoms with Gasteiger partial charge in [-0.05, 0) is 49.7 Å². The van der Waals surface area contributed by atoms with Crippen LogP contribution in [0.1, 0.15) is 22.8 Å². The molecule has 2 aromatic carbocycles. The van der Waals surface area contributed by atoms with E-state index < -0.39 is 10.9 Å². The first-order valence-corrected chi connectivity index (χ1v) is 7.06. The zero-order valence-corrected chi connectivity index (χ0v) is 13.1. The van der Waals surface area contributed by atoms with Crippen LogP contribution in [0.4, 0.5) is 5.69 Å². The summed E-state index contributed by atoms with van der Waals surface area (Å²) >= 11 is 0. The lowest BCUT2D eigenvalue weighted by molar-refractivity contribution is -0.384. The lowest BCUT2D eigenvalue weighted by atomic mass is 10.1. The fourth-order valence-corrected chi connectivity index (χ4v) is 1.89. The number of carbonyl (C=O) groups is 2. The molecule has 7 heteroatoms. The highest BCUT2D eigenvalue weighted by molar-refractivity contribution is 5.94. The number of ether oxygens (including phenoxy) is 2.